The average molecular weight is 515 g/mol. The van der Waals surface area contributed by atoms with E-state index in [1.54, 1.807) is 24.3 Å². The maximum Gasteiger partial charge on any atom is 0.293 e. The summed E-state index contributed by atoms with van der Waals surface area (Å²) in [7, 11) is 0. The molecular formula is C29H26N2O7. The summed E-state index contributed by atoms with van der Waals surface area (Å²) in [5.74, 6) is -2.08. The van der Waals surface area contributed by atoms with Gasteiger partial charge in [-0.1, -0.05) is 26.0 Å². The fourth-order valence-electron chi connectivity index (χ4n) is 5.30. The Kier molecular flexibility index (Phi) is 6.54. The molecule has 4 amide bonds. The quantitative estimate of drug-likeness (QED) is 0.264. The first-order valence-electron chi connectivity index (χ1n) is 12.4. The molecule has 0 bridgehead atoms. The Morgan fingerprint density at radius 1 is 0.789 bits per heavy atom. The van der Waals surface area contributed by atoms with Gasteiger partial charge in [-0.3, -0.25) is 28.9 Å². The van der Waals surface area contributed by atoms with Crippen molar-refractivity contribution in [2.75, 3.05) is 18.1 Å². The fourth-order valence-corrected chi connectivity index (χ4v) is 5.30. The highest BCUT2D eigenvalue weighted by atomic mass is 16.5. The van der Waals surface area contributed by atoms with E-state index in [0.29, 0.717) is 35.8 Å². The van der Waals surface area contributed by atoms with Gasteiger partial charge in [-0.2, -0.15) is 0 Å². The van der Waals surface area contributed by atoms with Crippen molar-refractivity contribution in [1.29, 1.82) is 0 Å². The van der Waals surface area contributed by atoms with Crippen LogP contribution in [-0.4, -0.2) is 59.4 Å². The molecule has 0 spiro atoms. The van der Waals surface area contributed by atoms with Crippen LogP contribution in [0.1, 0.15) is 67.3 Å². The van der Waals surface area contributed by atoms with Crippen LogP contribution in [0, 0.1) is 5.92 Å². The summed E-state index contributed by atoms with van der Waals surface area (Å²) in [4.78, 5) is 66.6. The third kappa shape index (κ3) is 3.95. The average Bonchev–Trinajstić information content (AvgIpc) is 2.90. The van der Waals surface area contributed by atoms with E-state index < -0.39 is 29.7 Å². The van der Waals surface area contributed by atoms with Crippen LogP contribution < -0.4 is 4.90 Å². The lowest BCUT2D eigenvalue weighted by Gasteiger charge is -2.35. The van der Waals surface area contributed by atoms with Gasteiger partial charge in [0.2, 0.25) is 0 Å². The van der Waals surface area contributed by atoms with E-state index in [1.165, 1.54) is 24.3 Å². The number of anilines is 1. The van der Waals surface area contributed by atoms with Gasteiger partial charge in [-0.15, -0.1) is 0 Å². The van der Waals surface area contributed by atoms with Crippen molar-refractivity contribution in [1.82, 2.24) is 4.90 Å². The zero-order chi connectivity index (χ0) is 27.1. The number of benzene rings is 3. The van der Waals surface area contributed by atoms with E-state index >= 15 is 0 Å². The number of carbonyl (C=O) groups excluding carboxylic acids is 5. The fraction of sp³-hybridized carbons (Fsp3) is 0.276. The summed E-state index contributed by atoms with van der Waals surface area (Å²) < 4.78 is 4.72. The van der Waals surface area contributed by atoms with Crippen molar-refractivity contribution < 1.29 is 33.8 Å². The van der Waals surface area contributed by atoms with Gasteiger partial charge in [-0.25, -0.2) is 4.90 Å². The summed E-state index contributed by atoms with van der Waals surface area (Å²) in [6.07, 6.45) is 0.930. The van der Waals surface area contributed by atoms with E-state index in [4.69, 9.17) is 4.74 Å². The molecule has 0 saturated carbocycles. The Morgan fingerprint density at radius 3 is 1.74 bits per heavy atom. The van der Waals surface area contributed by atoms with Gasteiger partial charge in [0, 0.05) is 39.4 Å². The zero-order valence-electron chi connectivity index (χ0n) is 21.0. The van der Waals surface area contributed by atoms with Crippen LogP contribution in [0.25, 0.3) is 10.8 Å². The summed E-state index contributed by atoms with van der Waals surface area (Å²) in [6, 6.07) is 12.2. The third-order valence-electron chi connectivity index (χ3n) is 7.02. The highest BCUT2D eigenvalue weighted by Gasteiger charge is 2.42. The van der Waals surface area contributed by atoms with Crippen LogP contribution in [-0.2, 0) is 16.0 Å². The van der Waals surface area contributed by atoms with Gasteiger partial charge in [0.1, 0.15) is 0 Å². The lowest BCUT2D eigenvalue weighted by atomic mass is 9.85. The minimum absolute atomic E-state index is 0.143. The van der Waals surface area contributed by atoms with E-state index in [-0.39, 0.29) is 41.4 Å². The molecular weight excluding hydrogens is 488 g/mol. The molecule has 5 rings (SSSR count). The monoisotopic (exact) mass is 514 g/mol. The minimum atomic E-state index is -0.683. The lowest BCUT2D eigenvalue weighted by molar-refractivity contribution is -0.128. The van der Waals surface area contributed by atoms with Crippen molar-refractivity contribution in [3.05, 3.63) is 76.3 Å². The molecule has 3 aromatic rings. The number of aliphatic hydroxyl groups is 1. The number of hydrogen-bond acceptors (Lipinski definition) is 7. The standard InChI is InChI=1S/C29H26N2O7/c1-16(2)13-19(14-32)31-28(36)22-9-7-20-24-21(8-10-23(25(22)24)29(31)37)27(35)30(26(20)34)18-5-3-17(4-6-18)11-12-38-15-33/h3-10,15-16,19,32H,11-14H2,1-2H3. The molecule has 194 valence electrons. The maximum atomic E-state index is 13.6. The molecule has 3 aromatic carbocycles. The van der Waals surface area contributed by atoms with Crippen molar-refractivity contribution in [3.8, 4) is 0 Å². The van der Waals surface area contributed by atoms with Crippen molar-refractivity contribution in [3.63, 3.8) is 0 Å². The molecule has 1 atom stereocenters. The molecule has 2 aliphatic rings. The highest BCUT2D eigenvalue weighted by Crippen LogP contribution is 2.39. The van der Waals surface area contributed by atoms with Gasteiger partial charge >= 0.3 is 0 Å². The summed E-state index contributed by atoms with van der Waals surface area (Å²) in [5.41, 5.74) is 2.12. The molecule has 2 heterocycles. The number of rotatable bonds is 9. The summed E-state index contributed by atoms with van der Waals surface area (Å²) in [5, 5.41) is 10.5. The second kappa shape index (κ2) is 9.83. The smallest absolute Gasteiger partial charge is 0.293 e. The third-order valence-corrected chi connectivity index (χ3v) is 7.02. The molecule has 9 heteroatoms. The second-order valence-corrected chi connectivity index (χ2v) is 9.85. The second-order valence-electron chi connectivity index (χ2n) is 9.85. The maximum absolute atomic E-state index is 13.6. The molecule has 0 fully saturated rings. The van der Waals surface area contributed by atoms with E-state index in [0.717, 1.165) is 15.4 Å². The first-order chi connectivity index (χ1) is 18.3. The van der Waals surface area contributed by atoms with Crippen LogP contribution >= 0.6 is 0 Å². The zero-order valence-corrected chi connectivity index (χ0v) is 21.0. The Hall–Kier alpha value is -4.37. The first kappa shape index (κ1) is 25.3. The van der Waals surface area contributed by atoms with E-state index in [2.05, 4.69) is 0 Å². The van der Waals surface area contributed by atoms with E-state index in [9.17, 15) is 29.1 Å². The molecule has 0 saturated heterocycles. The van der Waals surface area contributed by atoms with Crippen LogP contribution in [0.2, 0.25) is 0 Å². The largest absolute Gasteiger partial charge is 0.468 e. The molecule has 1 unspecified atom stereocenters. The molecule has 38 heavy (non-hydrogen) atoms. The van der Waals surface area contributed by atoms with Crippen molar-refractivity contribution in [2.24, 2.45) is 5.92 Å². The molecule has 2 aliphatic heterocycles. The highest BCUT2D eigenvalue weighted by molar-refractivity contribution is 6.39. The normalized spacial score (nSPS) is 15.5. The van der Waals surface area contributed by atoms with Gasteiger partial charge < -0.3 is 9.84 Å². The van der Waals surface area contributed by atoms with Crippen molar-refractivity contribution in [2.45, 2.75) is 32.7 Å². The predicted molar refractivity (Wildman–Crippen MR) is 138 cm³/mol. The Bertz CT molecular complexity index is 1420. The molecule has 9 nitrogen and oxygen atoms in total. The molecule has 1 N–H and O–H groups in total. The number of ether oxygens (including phenoxy) is 1. The molecule has 0 radical (unpaired) electrons. The van der Waals surface area contributed by atoms with Crippen LogP contribution in [0.3, 0.4) is 0 Å². The first-order valence-corrected chi connectivity index (χ1v) is 12.4. The van der Waals surface area contributed by atoms with Gasteiger partial charge in [0.25, 0.3) is 30.1 Å². The van der Waals surface area contributed by atoms with Gasteiger partial charge in [-0.05, 0) is 54.3 Å². The van der Waals surface area contributed by atoms with Crippen LogP contribution in [0.5, 0.6) is 0 Å². The van der Waals surface area contributed by atoms with Crippen LogP contribution in [0.4, 0.5) is 5.69 Å². The molecule has 0 aliphatic carbocycles. The Balaban J connectivity index is 1.56. The summed E-state index contributed by atoms with van der Waals surface area (Å²) in [6.45, 7) is 4.12. The number of aliphatic hydroxyl groups excluding tert-OH is 1. The Labute approximate surface area is 218 Å². The predicted octanol–water partition coefficient (Wildman–Crippen LogP) is 3.36. The van der Waals surface area contributed by atoms with Crippen LogP contribution in [0.15, 0.2) is 48.5 Å². The molecule has 0 aromatic heterocycles. The Morgan fingerprint density at radius 2 is 1.29 bits per heavy atom. The van der Waals surface area contributed by atoms with Crippen molar-refractivity contribution >= 4 is 46.6 Å². The van der Waals surface area contributed by atoms with Gasteiger partial charge in [0.05, 0.1) is 24.9 Å². The number of amides is 4. The number of hydrogen-bond donors (Lipinski definition) is 1. The number of imide groups is 2. The van der Waals surface area contributed by atoms with E-state index in [1.807, 2.05) is 13.8 Å². The number of nitrogens with zero attached hydrogens (tertiary/aromatic N) is 2. The minimum Gasteiger partial charge on any atom is -0.468 e. The van der Waals surface area contributed by atoms with Gasteiger partial charge in [0.15, 0.2) is 0 Å². The number of carbonyl (C=O) groups is 5. The summed E-state index contributed by atoms with van der Waals surface area (Å²) >= 11 is 0. The SMILES string of the molecule is CC(C)CC(CO)N1C(=O)c2ccc3c4c(ccc(c24)C1=O)C(=O)N(c1ccc(CCOC=O)cc1)C3=O. The lowest BCUT2D eigenvalue weighted by Crippen LogP contribution is -2.49. The topological polar surface area (TPSA) is 121 Å².